The molecule has 5 heteroatoms. The van der Waals surface area contributed by atoms with Crippen LogP contribution in [0.15, 0.2) is 46.9 Å². The van der Waals surface area contributed by atoms with Gasteiger partial charge in [-0.05, 0) is 39.7 Å². The van der Waals surface area contributed by atoms with E-state index in [-0.39, 0.29) is 12.2 Å². The number of hydrogen-bond donors (Lipinski definition) is 0. The first-order valence-electron chi connectivity index (χ1n) is 6.44. The van der Waals surface area contributed by atoms with Crippen LogP contribution in [0.25, 0.3) is 11.0 Å². The zero-order valence-electron chi connectivity index (χ0n) is 11.1. The lowest BCUT2D eigenvalue weighted by Gasteiger charge is -2.10. The van der Waals surface area contributed by atoms with Crippen LogP contribution in [0.4, 0.5) is 4.39 Å². The van der Waals surface area contributed by atoms with Gasteiger partial charge in [-0.3, -0.25) is 0 Å². The second-order valence-electron chi connectivity index (χ2n) is 4.65. The number of fused-ring (bicyclic) bond motifs is 1. The molecule has 0 radical (unpaired) electrons. The first kappa shape index (κ1) is 13.8. The molecule has 3 aromatic rings. The number of para-hydroxylation sites is 2. The minimum Gasteiger partial charge on any atom is -0.323 e. The van der Waals surface area contributed by atoms with E-state index in [4.69, 9.17) is 5.26 Å². The molecule has 0 fully saturated rings. The number of nitrogens with zero attached hydrogens (tertiary/aromatic N) is 3. The summed E-state index contributed by atoms with van der Waals surface area (Å²) in [5, 5.41) is 8.96. The topological polar surface area (TPSA) is 41.6 Å². The number of imidazole rings is 1. The van der Waals surface area contributed by atoms with E-state index in [0.29, 0.717) is 16.8 Å². The molecule has 2 aromatic carbocycles. The molecule has 0 aliphatic carbocycles. The molecule has 104 valence electrons. The predicted octanol–water partition coefficient (Wildman–Crippen LogP) is 4.05. The van der Waals surface area contributed by atoms with Crippen molar-refractivity contribution in [1.29, 1.82) is 5.26 Å². The van der Waals surface area contributed by atoms with Gasteiger partial charge in [0.1, 0.15) is 11.6 Å². The van der Waals surface area contributed by atoms with Crippen LogP contribution in [-0.4, -0.2) is 9.55 Å². The van der Waals surface area contributed by atoms with Crippen LogP contribution in [0.1, 0.15) is 11.4 Å². The molecular formula is C16H11BrFN3. The van der Waals surface area contributed by atoms with E-state index in [1.54, 1.807) is 6.07 Å². The SMILES string of the molecule is N#CCc1nc2ccccc2n1Cc1cccc(F)c1Br. The average Bonchev–Trinajstić information content (AvgIpc) is 2.82. The highest BCUT2D eigenvalue weighted by Crippen LogP contribution is 2.24. The van der Waals surface area contributed by atoms with Crippen LogP contribution >= 0.6 is 15.9 Å². The van der Waals surface area contributed by atoms with Crippen molar-refractivity contribution in [2.75, 3.05) is 0 Å². The molecule has 3 nitrogen and oxygen atoms in total. The molecule has 1 aromatic heterocycles. The van der Waals surface area contributed by atoms with E-state index in [1.807, 2.05) is 34.9 Å². The van der Waals surface area contributed by atoms with Crippen molar-refractivity contribution in [3.8, 4) is 6.07 Å². The maximum atomic E-state index is 13.6. The summed E-state index contributed by atoms with van der Waals surface area (Å²) in [6.07, 6.45) is 0.224. The van der Waals surface area contributed by atoms with E-state index < -0.39 is 0 Å². The molecule has 0 saturated heterocycles. The number of hydrogen-bond acceptors (Lipinski definition) is 2. The van der Waals surface area contributed by atoms with E-state index in [1.165, 1.54) is 6.07 Å². The Morgan fingerprint density at radius 1 is 1.19 bits per heavy atom. The third-order valence-corrected chi connectivity index (χ3v) is 4.22. The van der Waals surface area contributed by atoms with E-state index >= 15 is 0 Å². The molecule has 0 aliphatic heterocycles. The van der Waals surface area contributed by atoms with Crippen molar-refractivity contribution in [2.24, 2.45) is 0 Å². The lowest BCUT2D eigenvalue weighted by molar-refractivity contribution is 0.615. The number of aromatic nitrogens is 2. The first-order chi connectivity index (χ1) is 10.2. The van der Waals surface area contributed by atoms with E-state index in [0.717, 1.165) is 16.6 Å². The summed E-state index contributed by atoms with van der Waals surface area (Å²) in [6, 6.07) is 14.8. The Hall–Kier alpha value is -2.19. The minimum absolute atomic E-state index is 0.224. The van der Waals surface area contributed by atoms with Crippen LogP contribution < -0.4 is 0 Å². The number of halogens is 2. The summed E-state index contributed by atoms with van der Waals surface area (Å²) >= 11 is 3.28. The smallest absolute Gasteiger partial charge is 0.137 e. The summed E-state index contributed by atoms with van der Waals surface area (Å²) in [5.41, 5.74) is 2.60. The van der Waals surface area contributed by atoms with Gasteiger partial charge in [0.25, 0.3) is 0 Å². The quantitative estimate of drug-likeness (QED) is 0.719. The van der Waals surface area contributed by atoms with Crippen molar-refractivity contribution in [2.45, 2.75) is 13.0 Å². The van der Waals surface area contributed by atoms with Crippen molar-refractivity contribution < 1.29 is 4.39 Å². The third-order valence-electron chi connectivity index (χ3n) is 3.33. The van der Waals surface area contributed by atoms with Gasteiger partial charge in [-0.25, -0.2) is 9.37 Å². The fourth-order valence-corrected chi connectivity index (χ4v) is 2.74. The van der Waals surface area contributed by atoms with Crippen LogP contribution in [0, 0.1) is 17.1 Å². The number of benzene rings is 2. The fourth-order valence-electron chi connectivity index (χ4n) is 2.35. The monoisotopic (exact) mass is 343 g/mol. The standard InChI is InChI=1S/C16H11BrFN3/c17-16-11(4-3-5-12(16)18)10-21-14-7-2-1-6-13(14)20-15(21)8-9-19/h1-7H,8,10H2. The lowest BCUT2D eigenvalue weighted by atomic mass is 10.2. The van der Waals surface area contributed by atoms with Crippen molar-refractivity contribution >= 4 is 27.0 Å². The molecule has 0 bridgehead atoms. The van der Waals surface area contributed by atoms with Gasteiger partial charge in [-0.15, -0.1) is 0 Å². The highest BCUT2D eigenvalue weighted by molar-refractivity contribution is 9.10. The van der Waals surface area contributed by atoms with Gasteiger partial charge >= 0.3 is 0 Å². The Morgan fingerprint density at radius 3 is 2.81 bits per heavy atom. The molecule has 0 unspecified atom stereocenters. The normalized spacial score (nSPS) is 10.7. The number of nitriles is 1. The molecule has 0 saturated carbocycles. The Morgan fingerprint density at radius 2 is 2.00 bits per heavy atom. The molecule has 3 rings (SSSR count). The maximum Gasteiger partial charge on any atom is 0.137 e. The van der Waals surface area contributed by atoms with Crippen LogP contribution in [0.5, 0.6) is 0 Å². The van der Waals surface area contributed by atoms with Gasteiger partial charge in [0, 0.05) is 0 Å². The Bertz CT molecular complexity index is 848. The second-order valence-corrected chi connectivity index (χ2v) is 5.44. The van der Waals surface area contributed by atoms with E-state index in [9.17, 15) is 4.39 Å². The van der Waals surface area contributed by atoms with Crippen LogP contribution in [0.2, 0.25) is 0 Å². The molecule has 0 atom stereocenters. The molecular weight excluding hydrogens is 333 g/mol. The fraction of sp³-hybridized carbons (Fsp3) is 0.125. The second kappa shape index (κ2) is 5.66. The molecule has 0 N–H and O–H groups in total. The summed E-state index contributed by atoms with van der Waals surface area (Å²) in [6.45, 7) is 0.468. The van der Waals surface area contributed by atoms with Gasteiger partial charge in [0.05, 0.1) is 34.5 Å². The van der Waals surface area contributed by atoms with Crippen molar-refractivity contribution in [3.63, 3.8) is 0 Å². The van der Waals surface area contributed by atoms with Crippen molar-refractivity contribution in [1.82, 2.24) is 9.55 Å². The van der Waals surface area contributed by atoms with Gasteiger partial charge in [0.2, 0.25) is 0 Å². The zero-order valence-corrected chi connectivity index (χ0v) is 12.6. The van der Waals surface area contributed by atoms with Crippen molar-refractivity contribution in [3.05, 3.63) is 64.1 Å². The highest BCUT2D eigenvalue weighted by Gasteiger charge is 2.13. The van der Waals surface area contributed by atoms with Gasteiger partial charge < -0.3 is 4.57 Å². The van der Waals surface area contributed by atoms with Crippen LogP contribution in [0.3, 0.4) is 0 Å². The minimum atomic E-state index is -0.293. The Kier molecular flexibility index (Phi) is 3.72. The Balaban J connectivity index is 2.13. The zero-order chi connectivity index (χ0) is 14.8. The largest absolute Gasteiger partial charge is 0.323 e. The first-order valence-corrected chi connectivity index (χ1v) is 7.24. The number of rotatable bonds is 3. The lowest BCUT2D eigenvalue weighted by Crippen LogP contribution is -2.06. The van der Waals surface area contributed by atoms with E-state index in [2.05, 4.69) is 27.0 Å². The third kappa shape index (κ3) is 2.55. The average molecular weight is 344 g/mol. The van der Waals surface area contributed by atoms with Crippen LogP contribution in [-0.2, 0) is 13.0 Å². The summed E-state index contributed by atoms with van der Waals surface area (Å²) < 4.78 is 16.1. The molecule has 1 heterocycles. The summed E-state index contributed by atoms with van der Waals surface area (Å²) in [4.78, 5) is 4.48. The Labute approximate surface area is 129 Å². The molecule has 0 aliphatic rings. The summed E-state index contributed by atoms with van der Waals surface area (Å²) in [7, 11) is 0. The molecule has 21 heavy (non-hydrogen) atoms. The molecule has 0 amide bonds. The molecule has 0 spiro atoms. The van der Waals surface area contributed by atoms with Gasteiger partial charge in [0.15, 0.2) is 0 Å². The predicted molar refractivity (Wildman–Crippen MR) is 82.3 cm³/mol. The van der Waals surface area contributed by atoms with Gasteiger partial charge in [-0.2, -0.15) is 5.26 Å². The summed E-state index contributed by atoms with van der Waals surface area (Å²) in [5.74, 6) is 0.397. The highest BCUT2D eigenvalue weighted by atomic mass is 79.9. The van der Waals surface area contributed by atoms with Gasteiger partial charge in [-0.1, -0.05) is 24.3 Å². The maximum absolute atomic E-state index is 13.6.